The van der Waals surface area contributed by atoms with Crippen LogP contribution in [0.1, 0.15) is 5.56 Å². The van der Waals surface area contributed by atoms with Gasteiger partial charge < -0.3 is 15.0 Å². The molecule has 3 N–H and O–H groups in total. The number of nitrogens with one attached hydrogen (secondary N) is 2. The van der Waals surface area contributed by atoms with Crippen LogP contribution in [0.3, 0.4) is 0 Å². The summed E-state index contributed by atoms with van der Waals surface area (Å²) in [6.07, 6.45) is 2.45. The lowest BCUT2D eigenvalue weighted by atomic mass is 10.00. The maximum absolute atomic E-state index is 12.4. The topological polar surface area (TPSA) is 118 Å². The van der Waals surface area contributed by atoms with E-state index in [0.717, 1.165) is 34.7 Å². The minimum absolute atomic E-state index is 0.0447. The van der Waals surface area contributed by atoms with Crippen LogP contribution in [0.25, 0.3) is 11.1 Å². The fourth-order valence-corrected chi connectivity index (χ4v) is 5.75. The van der Waals surface area contributed by atoms with Crippen molar-refractivity contribution in [1.82, 2.24) is 9.29 Å². The third-order valence-electron chi connectivity index (χ3n) is 4.75. The van der Waals surface area contributed by atoms with Gasteiger partial charge in [0.25, 0.3) is 4.99 Å². The van der Waals surface area contributed by atoms with Crippen LogP contribution in [-0.2, 0) is 21.4 Å². The average molecular weight is 458 g/mol. The van der Waals surface area contributed by atoms with E-state index in [-0.39, 0.29) is 5.69 Å². The first kappa shape index (κ1) is 21.2. The summed E-state index contributed by atoms with van der Waals surface area (Å²) >= 11 is 0.742. The maximum Gasteiger partial charge on any atom is 0.357 e. The summed E-state index contributed by atoms with van der Waals surface area (Å²) in [6, 6.07) is 18.9. The third-order valence-corrected chi connectivity index (χ3v) is 6.87. The molecule has 0 spiro atoms. The van der Waals surface area contributed by atoms with E-state index in [4.69, 9.17) is 0 Å². The van der Waals surface area contributed by atoms with Gasteiger partial charge in [-0.2, -0.15) is 4.72 Å². The lowest BCUT2D eigenvalue weighted by Gasteiger charge is -2.23. The molecule has 31 heavy (non-hydrogen) atoms. The number of aliphatic carboxylic acids is 1. The molecule has 1 atom stereocenters. The molecule has 0 saturated heterocycles. The molecule has 2 heterocycles. The van der Waals surface area contributed by atoms with Crippen molar-refractivity contribution in [3.05, 3.63) is 82.6 Å². The molecule has 2 aromatic carbocycles. The zero-order valence-corrected chi connectivity index (χ0v) is 18.0. The standard InChI is InChI=1S/C21H19N3O5S2/c1-31(28,29)23-21(20(26)27)22-18-17(25)11-12-24(19(18)30-21)13-15-9-5-6-10-16(15)14-7-3-2-4-8-14/h2-12,22-23H,13H2,1H3,(H,26,27). The molecular weight excluding hydrogens is 438 g/mol. The normalized spacial score (nSPS) is 17.7. The summed E-state index contributed by atoms with van der Waals surface area (Å²) in [5, 5.41) is 12.7. The number of hydrogen-bond acceptors (Lipinski definition) is 6. The van der Waals surface area contributed by atoms with E-state index in [9.17, 15) is 23.1 Å². The van der Waals surface area contributed by atoms with Crippen LogP contribution in [0.4, 0.5) is 5.69 Å². The molecule has 0 fully saturated rings. The Hall–Kier alpha value is -3.08. The fourth-order valence-electron chi connectivity index (χ4n) is 3.44. The number of nitrogens with zero attached hydrogens (tertiary/aromatic N) is 1. The van der Waals surface area contributed by atoms with Crippen molar-refractivity contribution in [2.24, 2.45) is 0 Å². The van der Waals surface area contributed by atoms with Crippen LogP contribution < -0.4 is 15.5 Å². The van der Waals surface area contributed by atoms with Crippen molar-refractivity contribution in [1.29, 1.82) is 0 Å². The van der Waals surface area contributed by atoms with Crippen molar-refractivity contribution in [3.8, 4) is 11.1 Å². The van der Waals surface area contributed by atoms with E-state index in [1.807, 2.05) is 54.6 Å². The number of carbonyl (C=O) groups is 1. The lowest BCUT2D eigenvalue weighted by Crippen LogP contribution is -2.55. The smallest absolute Gasteiger partial charge is 0.357 e. The molecule has 160 valence electrons. The van der Waals surface area contributed by atoms with Gasteiger partial charge in [-0.25, -0.2) is 13.2 Å². The number of pyridine rings is 1. The average Bonchev–Trinajstić information content (AvgIpc) is 3.11. The Balaban J connectivity index is 1.77. The molecule has 10 heteroatoms. The molecule has 4 rings (SSSR count). The molecule has 1 unspecified atom stereocenters. The summed E-state index contributed by atoms with van der Waals surface area (Å²) in [5.41, 5.74) is 2.62. The zero-order chi connectivity index (χ0) is 22.2. The lowest BCUT2D eigenvalue weighted by molar-refractivity contribution is -0.139. The number of benzene rings is 2. The van der Waals surface area contributed by atoms with Crippen LogP contribution >= 0.6 is 11.8 Å². The molecule has 0 bridgehead atoms. The molecule has 8 nitrogen and oxygen atoms in total. The highest BCUT2D eigenvalue weighted by Crippen LogP contribution is 2.43. The molecule has 1 aromatic heterocycles. The number of hydrogen-bond donors (Lipinski definition) is 3. The SMILES string of the molecule is CS(=O)(=O)NC1(C(=O)O)Nc2c(n(Cc3ccccc3-c3ccccc3)ccc2=O)S1. The minimum atomic E-state index is -3.88. The highest BCUT2D eigenvalue weighted by molar-refractivity contribution is 8.02. The molecule has 1 aliphatic rings. The van der Waals surface area contributed by atoms with E-state index < -0.39 is 26.4 Å². The Labute approximate surface area is 183 Å². The number of rotatable bonds is 6. The van der Waals surface area contributed by atoms with Gasteiger partial charge in [-0.1, -0.05) is 54.6 Å². The second-order valence-corrected chi connectivity index (χ2v) is 10.1. The summed E-state index contributed by atoms with van der Waals surface area (Å²) < 4.78 is 27.4. The number of aromatic nitrogens is 1. The van der Waals surface area contributed by atoms with Gasteiger partial charge in [-0.15, -0.1) is 0 Å². The number of anilines is 1. The first-order chi connectivity index (χ1) is 14.7. The van der Waals surface area contributed by atoms with Crippen molar-refractivity contribution in [2.45, 2.75) is 16.6 Å². The van der Waals surface area contributed by atoms with Crippen molar-refractivity contribution >= 4 is 33.4 Å². The van der Waals surface area contributed by atoms with Crippen molar-refractivity contribution in [2.75, 3.05) is 11.6 Å². The van der Waals surface area contributed by atoms with Gasteiger partial charge in [0.1, 0.15) is 10.7 Å². The van der Waals surface area contributed by atoms with Gasteiger partial charge in [-0.05, 0) is 28.5 Å². The van der Waals surface area contributed by atoms with Crippen LogP contribution in [0.15, 0.2) is 76.7 Å². The molecule has 0 saturated carbocycles. The van der Waals surface area contributed by atoms with E-state index in [1.54, 1.807) is 10.8 Å². The molecule has 0 aliphatic carbocycles. The second-order valence-electron chi connectivity index (χ2n) is 7.10. The molecule has 1 aliphatic heterocycles. The van der Waals surface area contributed by atoms with Crippen LogP contribution in [0, 0.1) is 0 Å². The molecule has 0 amide bonds. The van der Waals surface area contributed by atoms with Crippen molar-refractivity contribution < 1.29 is 18.3 Å². The van der Waals surface area contributed by atoms with Crippen LogP contribution in [0.2, 0.25) is 0 Å². The molecule has 0 radical (unpaired) electrons. The van der Waals surface area contributed by atoms with E-state index in [1.165, 1.54) is 6.07 Å². The fraction of sp³-hybridized carbons (Fsp3) is 0.143. The van der Waals surface area contributed by atoms with Gasteiger partial charge in [0.15, 0.2) is 0 Å². The zero-order valence-electron chi connectivity index (χ0n) is 16.4. The quantitative estimate of drug-likeness (QED) is 0.520. The van der Waals surface area contributed by atoms with Gasteiger partial charge in [0, 0.05) is 18.8 Å². The minimum Gasteiger partial charge on any atom is -0.478 e. The van der Waals surface area contributed by atoms with Gasteiger partial charge in [-0.3, -0.25) is 4.79 Å². The predicted octanol–water partition coefficient (Wildman–Crippen LogP) is 2.37. The summed E-state index contributed by atoms with van der Waals surface area (Å²) in [6.45, 7) is 0.358. The molecular formula is C21H19N3O5S2. The van der Waals surface area contributed by atoms with Gasteiger partial charge >= 0.3 is 5.97 Å². The number of fused-ring (bicyclic) bond motifs is 1. The van der Waals surface area contributed by atoms with Crippen LogP contribution in [0.5, 0.6) is 0 Å². The Morgan fingerprint density at radius 1 is 1.13 bits per heavy atom. The van der Waals surface area contributed by atoms with Gasteiger partial charge in [0.2, 0.25) is 15.5 Å². The van der Waals surface area contributed by atoms with E-state index in [2.05, 4.69) is 10.0 Å². The first-order valence-electron chi connectivity index (χ1n) is 9.25. The number of carboxylic acid groups (broad SMARTS) is 1. The summed E-state index contributed by atoms with van der Waals surface area (Å²) in [7, 11) is -3.88. The second kappa shape index (κ2) is 7.88. The van der Waals surface area contributed by atoms with E-state index >= 15 is 0 Å². The summed E-state index contributed by atoms with van der Waals surface area (Å²) in [5.74, 6) is -1.45. The Kier molecular flexibility index (Phi) is 5.38. The Morgan fingerprint density at radius 3 is 2.48 bits per heavy atom. The monoisotopic (exact) mass is 457 g/mol. The van der Waals surface area contributed by atoms with Crippen molar-refractivity contribution in [3.63, 3.8) is 0 Å². The highest BCUT2D eigenvalue weighted by atomic mass is 32.2. The predicted molar refractivity (Wildman–Crippen MR) is 120 cm³/mol. The number of sulfonamides is 1. The van der Waals surface area contributed by atoms with Gasteiger partial charge in [0.05, 0.1) is 6.26 Å². The third kappa shape index (κ3) is 4.22. The summed E-state index contributed by atoms with van der Waals surface area (Å²) in [4.78, 5) is 22.3. The number of thioether (sulfide) groups is 1. The Morgan fingerprint density at radius 2 is 1.81 bits per heavy atom. The first-order valence-corrected chi connectivity index (χ1v) is 12.0. The molecule has 3 aromatic rings. The Bertz CT molecular complexity index is 1320. The number of carboxylic acids is 1. The maximum atomic E-state index is 12.4. The largest absolute Gasteiger partial charge is 0.478 e. The van der Waals surface area contributed by atoms with E-state index in [0.29, 0.717) is 11.6 Å². The highest BCUT2D eigenvalue weighted by Gasteiger charge is 2.49. The van der Waals surface area contributed by atoms with Crippen LogP contribution in [-0.4, -0.2) is 35.3 Å².